The molecule has 31 heavy (non-hydrogen) atoms. The second-order valence-electron chi connectivity index (χ2n) is 7.81. The van der Waals surface area contributed by atoms with Crippen molar-refractivity contribution in [1.29, 1.82) is 0 Å². The zero-order chi connectivity index (χ0) is 21.6. The number of allylic oxidation sites excluding steroid dienone is 1. The van der Waals surface area contributed by atoms with Crippen molar-refractivity contribution < 1.29 is 18.8 Å². The number of ether oxygens (including phenoxy) is 1. The molecular formula is C25H26N2O4. The highest BCUT2D eigenvalue weighted by Crippen LogP contribution is 2.29. The fourth-order valence-corrected chi connectivity index (χ4v) is 3.77. The smallest absolute Gasteiger partial charge is 0.338 e. The Balaban J connectivity index is 1.38. The molecule has 0 saturated heterocycles. The van der Waals surface area contributed by atoms with Crippen LogP contribution in [0.15, 0.2) is 64.7 Å². The van der Waals surface area contributed by atoms with Crippen LogP contribution in [0.4, 0.5) is 0 Å². The van der Waals surface area contributed by atoms with Gasteiger partial charge in [-0.3, -0.25) is 4.79 Å². The van der Waals surface area contributed by atoms with Crippen LogP contribution in [-0.4, -0.2) is 29.7 Å². The highest BCUT2D eigenvalue weighted by atomic mass is 16.5. The van der Waals surface area contributed by atoms with Gasteiger partial charge in [-0.15, -0.1) is 0 Å². The van der Waals surface area contributed by atoms with Crippen LogP contribution in [0.1, 0.15) is 49.4 Å². The molecule has 0 fully saturated rings. The van der Waals surface area contributed by atoms with E-state index in [1.54, 1.807) is 25.1 Å². The van der Waals surface area contributed by atoms with Crippen molar-refractivity contribution in [2.24, 2.45) is 0 Å². The Hall–Kier alpha value is -3.41. The van der Waals surface area contributed by atoms with Gasteiger partial charge in [0, 0.05) is 12.1 Å². The van der Waals surface area contributed by atoms with E-state index in [1.165, 1.54) is 18.4 Å². The van der Waals surface area contributed by atoms with E-state index in [0.29, 0.717) is 23.4 Å². The first-order valence-electron chi connectivity index (χ1n) is 10.7. The number of rotatable bonds is 7. The second-order valence-corrected chi connectivity index (χ2v) is 7.81. The van der Waals surface area contributed by atoms with Crippen molar-refractivity contribution in [2.75, 3.05) is 6.54 Å². The molecule has 0 bridgehead atoms. The largest absolute Gasteiger partial charge is 0.449 e. The second kappa shape index (κ2) is 9.60. The van der Waals surface area contributed by atoms with Gasteiger partial charge in [-0.2, -0.15) is 0 Å². The summed E-state index contributed by atoms with van der Waals surface area (Å²) < 4.78 is 10.9. The molecule has 1 atom stereocenters. The van der Waals surface area contributed by atoms with E-state index >= 15 is 0 Å². The van der Waals surface area contributed by atoms with Crippen LogP contribution < -0.4 is 5.32 Å². The highest BCUT2D eigenvalue weighted by Gasteiger charge is 2.20. The van der Waals surface area contributed by atoms with E-state index in [-0.39, 0.29) is 5.91 Å². The Morgan fingerprint density at radius 2 is 2.00 bits per heavy atom. The van der Waals surface area contributed by atoms with E-state index in [1.807, 2.05) is 30.3 Å². The van der Waals surface area contributed by atoms with Crippen LogP contribution >= 0.6 is 0 Å². The van der Waals surface area contributed by atoms with Gasteiger partial charge in [0.05, 0.1) is 10.9 Å². The molecule has 1 aliphatic carbocycles. The average Bonchev–Trinajstić information content (AvgIpc) is 3.23. The third kappa shape index (κ3) is 5.02. The number of esters is 1. The van der Waals surface area contributed by atoms with Crippen LogP contribution in [0.2, 0.25) is 0 Å². The number of carbonyl (C=O) groups excluding carboxylic acids is 2. The maximum atomic E-state index is 12.6. The van der Waals surface area contributed by atoms with Crippen molar-refractivity contribution in [3.63, 3.8) is 0 Å². The number of benzene rings is 2. The maximum Gasteiger partial charge on any atom is 0.338 e. The monoisotopic (exact) mass is 418 g/mol. The Kier molecular flexibility index (Phi) is 6.46. The number of hydrogen-bond donors (Lipinski definition) is 1. The third-order valence-corrected chi connectivity index (χ3v) is 5.53. The first-order chi connectivity index (χ1) is 15.1. The summed E-state index contributed by atoms with van der Waals surface area (Å²) in [5.41, 5.74) is 3.27. The number of carbonyl (C=O) groups is 2. The highest BCUT2D eigenvalue weighted by molar-refractivity contribution is 5.99. The van der Waals surface area contributed by atoms with Gasteiger partial charge in [0.25, 0.3) is 5.91 Å². The Bertz CT molecular complexity index is 1100. The Morgan fingerprint density at radius 3 is 2.77 bits per heavy atom. The van der Waals surface area contributed by atoms with Gasteiger partial charge in [-0.05, 0) is 57.2 Å². The fourth-order valence-electron chi connectivity index (χ4n) is 3.77. The summed E-state index contributed by atoms with van der Waals surface area (Å²) in [6.07, 6.45) is 6.94. The molecule has 1 N–H and O–H groups in total. The van der Waals surface area contributed by atoms with Crippen molar-refractivity contribution >= 4 is 22.8 Å². The van der Waals surface area contributed by atoms with E-state index < -0.39 is 12.1 Å². The third-order valence-electron chi connectivity index (χ3n) is 5.53. The van der Waals surface area contributed by atoms with Gasteiger partial charge in [0.15, 0.2) is 11.9 Å². The summed E-state index contributed by atoms with van der Waals surface area (Å²) >= 11 is 0. The first kappa shape index (κ1) is 20.8. The van der Waals surface area contributed by atoms with Gasteiger partial charge >= 0.3 is 5.97 Å². The van der Waals surface area contributed by atoms with E-state index in [9.17, 15) is 9.59 Å². The number of aromatic nitrogens is 1. The first-order valence-corrected chi connectivity index (χ1v) is 10.7. The number of hydrogen-bond acceptors (Lipinski definition) is 5. The number of nitrogens with zero attached hydrogens (tertiary/aromatic N) is 1. The fraction of sp³-hybridized carbons (Fsp3) is 0.320. The quantitative estimate of drug-likeness (QED) is 0.429. The molecule has 1 aromatic heterocycles. The molecule has 0 aliphatic heterocycles. The zero-order valence-corrected chi connectivity index (χ0v) is 17.6. The van der Waals surface area contributed by atoms with Gasteiger partial charge < -0.3 is 14.6 Å². The van der Waals surface area contributed by atoms with Crippen molar-refractivity contribution in [1.82, 2.24) is 10.5 Å². The van der Waals surface area contributed by atoms with E-state index in [2.05, 4.69) is 16.5 Å². The van der Waals surface area contributed by atoms with Gasteiger partial charge in [-0.1, -0.05) is 47.1 Å². The van der Waals surface area contributed by atoms with Crippen LogP contribution in [0.25, 0.3) is 22.2 Å². The van der Waals surface area contributed by atoms with E-state index in [4.69, 9.17) is 9.26 Å². The van der Waals surface area contributed by atoms with Crippen molar-refractivity contribution in [2.45, 2.75) is 45.1 Å². The van der Waals surface area contributed by atoms with Crippen LogP contribution in [0.5, 0.6) is 0 Å². The standard InChI is InChI=1S/C25H26N2O4/c1-17(24(28)26-15-14-18-8-4-2-5-9-18)30-25(29)20-12-13-22-21(16-20)23(31-27-22)19-10-6-3-7-11-19/h3,6-8,10-13,16-17H,2,4-5,9,14-15H2,1H3,(H,26,28)/t17-/m0/s1. The predicted octanol–water partition coefficient (Wildman–Crippen LogP) is 5.05. The molecular weight excluding hydrogens is 392 g/mol. The molecule has 6 heteroatoms. The number of amides is 1. The van der Waals surface area contributed by atoms with Crippen LogP contribution in [-0.2, 0) is 9.53 Å². The minimum atomic E-state index is -0.875. The molecule has 0 radical (unpaired) electrons. The zero-order valence-electron chi connectivity index (χ0n) is 17.6. The molecule has 2 aromatic carbocycles. The molecule has 1 heterocycles. The molecule has 0 unspecified atom stereocenters. The lowest BCUT2D eigenvalue weighted by atomic mass is 9.97. The summed E-state index contributed by atoms with van der Waals surface area (Å²) in [6.45, 7) is 2.14. The van der Waals surface area contributed by atoms with Crippen molar-refractivity contribution in [3.05, 3.63) is 65.7 Å². The lowest BCUT2D eigenvalue weighted by Gasteiger charge is -2.15. The molecule has 1 amide bonds. The summed E-state index contributed by atoms with van der Waals surface area (Å²) in [5, 5.41) is 7.64. The summed E-state index contributed by atoms with van der Waals surface area (Å²) in [4.78, 5) is 25.0. The summed E-state index contributed by atoms with van der Waals surface area (Å²) in [6, 6.07) is 14.6. The summed E-state index contributed by atoms with van der Waals surface area (Å²) in [7, 11) is 0. The molecule has 4 rings (SSSR count). The van der Waals surface area contributed by atoms with E-state index in [0.717, 1.165) is 30.2 Å². The van der Waals surface area contributed by atoms with Crippen LogP contribution in [0.3, 0.4) is 0 Å². The lowest BCUT2D eigenvalue weighted by molar-refractivity contribution is -0.129. The average molecular weight is 418 g/mol. The van der Waals surface area contributed by atoms with Gasteiger partial charge in [0.2, 0.25) is 0 Å². The number of nitrogens with one attached hydrogen (secondary N) is 1. The molecule has 1 aliphatic rings. The van der Waals surface area contributed by atoms with Gasteiger partial charge in [0.1, 0.15) is 5.52 Å². The minimum absolute atomic E-state index is 0.291. The molecule has 6 nitrogen and oxygen atoms in total. The lowest BCUT2D eigenvalue weighted by Crippen LogP contribution is -2.36. The summed E-state index contributed by atoms with van der Waals surface area (Å²) in [5.74, 6) is -0.256. The minimum Gasteiger partial charge on any atom is -0.449 e. The Labute approximate surface area is 181 Å². The molecule has 0 saturated carbocycles. The Morgan fingerprint density at radius 1 is 1.16 bits per heavy atom. The molecule has 3 aromatic rings. The molecule has 0 spiro atoms. The van der Waals surface area contributed by atoms with Gasteiger partial charge in [-0.25, -0.2) is 4.79 Å². The SMILES string of the molecule is C[C@H](OC(=O)c1ccc2noc(-c3ccccc3)c2c1)C(=O)NCCC1=CCCCC1. The normalized spacial score (nSPS) is 14.7. The maximum absolute atomic E-state index is 12.6. The van der Waals surface area contributed by atoms with Crippen molar-refractivity contribution in [3.8, 4) is 11.3 Å². The van der Waals surface area contributed by atoms with Crippen LogP contribution in [0, 0.1) is 0 Å². The topological polar surface area (TPSA) is 81.4 Å². The molecule has 160 valence electrons. The number of fused-ring (bicyclic) bond motifs is 1. The predicted molar refractivity (Wildman–Crippen MR) is 119 cm³/mol.